The van der Waals surface area contributed by atoms with E-state index in [9.17, 15) is 13.2 Å². The summed E-state index contributed by atoms with van der Waals surface area (Å²) < 4.78 is 27.0. The summed E-state index contributed by atoms with van der Waals surface area (Å²) in [6.07, 6.45) is 3.08. The maximum absolute atomic E-state index is 12.8. The van der Waals surface area contributed by atoms with Gasteiger partial charge in [0.15, 0.2) is 0 Å². The van der Waals surface area contributed by atoms with Gasteiger partial charge >= 0.3 is 0 Å². The van der Waals surface area contributed by atoms with E-state index in [1.54, 1.807) is 30.3 Å². The van der Waals surface area contributed by atoms with Crippen molar-refractivity contribution >= 4 is 27.5 Å². The minimum atomic E-state index is -3.55. The lowest BCUT2D eigenvalue weighted by Gasteiger charge is -2.31. The highest BCUT2D eigenvalue weighted by Crippen LogP contribution is 2.23. The van der Waals surface area contributed by atoms with E-state index in [0.29, 0.717) is 31.0 Å². The van der Waals surface area contributed by atoms with E-state index in [0.717, 1.165) is 12.8 Å². The lowest BCUT2D eigenvalue weighted by molar-refractivity contribution is -0.126. The summed E-state index contributed by atoms with van der Waals surface area (Å²) in [6.45, 7) is 1.27. The van der Waals surface area contributed by atoms with Gasteiger partial charge in [0.25, 0.3) is 0 Å². The van der Waals surface area contributed by atoms with Crippen LogP contribution in [0.4, 0.5) is 0 Å². The Kier molecular flexibility index (Phi) is 7.10. The molecule has 0 saturated carbocycles. The van der Waals surface area contributed by atoms with Crippen LogP contribution in [-0.2, 0) is 21.2 Å². The first-order valence-corrected chi connectivity index (χ1v) is 11.4. The van der Waals surface area contributed by atoms with Crippen LogP contribution < -0.4 is 5.32 Å². The molecule has 150 valence electrons. The smallest absolute Gasteiger partial charge is 0.243 e. The van der Waals surface area contributed by atoms with Crippen molar-refractivity contribution < 1.29 is 13.2 Å². The van der Waals surface area contributed by atoms with Crippen molar-refractivity contribution in [3.8, 4) is 0 Å². The number of aryl methyl sites for hydroxylation is 1. The van der Waals surface area contributed by atoms with Crippen LogP contribution in [0.2, 0.25) is 5.02 Å². The van der Waals surface area contributed by atoms with Crippen LogP contribution in [0.3, 0.4) is 0 Å². The molecule has 1 N–H and O–H groups in total. The van der Waals surface area contributed by atoms with Gasteiger partial charge in [-0.1, -0.05) is 41.9 Å². The molecule has 1 heterocycles. The molecule has 7 heteroatoms. The molecule has 28 heavy (non-hydrogen) atoms. The van der Waals surface area contributed by atoms with Gasteiger partial charge in [0.1, 0.15) is 0 Å². The monoisotopic (exact) mass is 420 g/mol. The average molecular weight is 421 g/mol. The van der Waals surface area contributed by atoms with Crippen LogP contribution in [0.15, 0.2) is 59.5 Å². The summed E-state index contributed by atoms with van der Waals surface area (Å²) in [6, 6.07) is 16.1. The third-order valence-corrected chi connectivity index (χ3v) is 7.12. The summed E-state index contributed by atoms with van der Waals surface area (Å²) in [5, 5.41) is 3.67. The number of nitrogens with zero attached hydrogens (tertiary/aromatic N) is 1. The summed E-state index contributed by atoms with van der Waals surface area (Å²) in [7, 11) is -3.55. The van der Waals surface area contributed by atoms with Gasteiger partial charge in [-0.2, -0.15) is 4.31 Å². The molecular formula is C21H25ClN2O3S. The largest absolute Gasteiger partial charge is 0.356 e. The Morgan fingerprint density at radius 1 is 1.11 bits per heavy atom. The van der Waals surface area contributed by atoms with E-state index in [-0.39, 0.29) is 23.3 Å². The highest BCUT2D eigenvalue weighted by atomic mass is 35.5. The number of carbonyl (C=O) groups excluding carboxylic acids is 1. The van der Waals surface area contributed by atoms with Gasteiger partial charge in [-0.3, -0.25) is 4.79 Å². The topological polar surface area (TPSA) is 66.5 Å². The van der Waals surface area contributed by atoms with Crippen LogP contribution in [0.25, 0.3) is 0 Å². The van der Waals surface area contributed by atoms with E-state index in [2.05, 4.69) is 5.32 Å². The SMILES string of the molecule is O=C(NCCCc1ccc(Cl)cc1)C1CCCN(S(=O)(=O)c2ccccc2)C1. The third-order valence-electron chi connectivity index (χ3n) is 4.99. The molecule has 0 radical (unpaired) electrons. The van der Waals surface area contributed by atoms with E-state index >= 15 is 0 Å². The quantitative estimate of drug-likeness (QED) is 0.697. The van der Waals surface area contributed by atoms with E-state index in [4.69, 9.17) is 11.6 Å². The van der Waals surface area contributed by atoms with Crippen LogP contribution in [0, 0.1) is 5.92 Å². The maximum Gasteiger partial charge on any atom is 0.243 e. The van der Waals surface area contributed by atoms with Crippen molar-refractivity contribution in [3.63, 3.8) is 0 Å². The van der Waals surface area contributed by atoms with Gasteiger partial charge in [-0.25, -0.2) is 8.42 Å². The predicted molar refractivity (Wildman–Crippen MR) is 111 cm³/mol. The molecule has 0 bridgehead atoms. The third kappa shape index (κ3) is 5.34. The van der Waals surface area contributed by atoms with E-state index < -0.39 is 10.0 Å². The zero-order chi connectivity index (χ0) is 20.0. The predicted octanol–water partition coefficient (Wildman–Crippen LogP) is 3.49. The maximum atomic E-state index is 12.8. The van der Waals surface area contributed by atoms with Crippen LogP contribution in [-0.4, -0.2) is 38.3 Å². The van der Waals surface area contributed by atoms with Gasteiger partial charge in [-0.15, -0.1) is 0 Å². The molecule has 3 rings (SSSR count). The Morgan fingerprint density at radius 3 is 2.54 bits per heavy atom. The molecule has 5 nitrogen and oxygen atoms in total. The molecule has 1 aliphatic heterocycles. The number of benzene rings is 2. The lowest BCUT2D eigenvalue weighted by Crippen LogP contribution is -2.45. The first-order chi connectivity index (χ1) is 13.5. The van der Waals surface area contributed by atoms with Gasteiger partial charge in [0.05, 0.1) is 10.8 Å². The Morgan fingerprint density at radius 2 is 1.82 bits per heavy atom. The van der Waals surface area contributed by atoms with Gasteiger partial charge in [0.2, 0.25) is 15.9 Å². The summed E-state index contributed by atoms with van der Waals surface area (Å²) in [5.41, 5.74) is 1.18. The fourth-order valence-electron chi connectivity index (χ4n) is 3.42. The lowest BCUT2D eigenvalue weighted by atomic mass is 9.99. The first-order valence-electron chi connectivity index (χ1n) is 9.54. The highest BCUT2D eigenvalue weighted by Gasteiger charge is 2.33. The molecular weight excluding hydrogens is 396 g/mol. The number of piperidine rings is 1. The fourth-order valence-corrected chi connectivity index (χ4v) is 5.09. The molecule has 2 aromatic carbocycles. The molecule has 1 saturated heterocycles. The Labute approximate surface area is 171 Å². The van der Waals surface area contributed by atoms with Crippen molar-refractivity contribution in [2.45, 2.75) is 30.6 Å². The van der Waals surface area contributed by atoms with Crippen LogP contribution in [0.5, 0.6) is 0 Å². The summed E-state index contributed by atoms with van der Waals surface area (Å²) in [5.74, 6) is -0.369. The molecule has 1 amide bonds. The minimum absolute atomic E-state index is 0.0657. The van der Waals surface area contributed by atoms with Crippen molar-refractivity contribution in [2.24, 2.45) is 5.92 Å². The molecule has 1 aliphatic rings. The second kappa shape index (κ2) is 9.54. The Balaban J connectivity index is 1.49. The number of hydrogen-bond acceptors (Lipinski definition) is 3. The molecule has 1 unspecified atom stereocenters. The standard InChI is InChI=1S/C21H25ClN2O3S/c22-19-12-10-17(11-13-19)6-4-14-23-21(25)18-7-5-15-24(16-18)28(26,27)20-8-2-1-3-9-20/h1-3,8-13,18H,4-7,14-16H2,(H,23,25). The Hall–Kier alpha value is -1.89. The van der Waals surface area contributed by atoms with Gasteiger partial charge in [-0.05, 0) is 55.5 Å². The number of hydrogen-bond donors (Lipinski definition) is 1. The van der Waals surface area contributed by atoms with Crippen LogP contribution in [0.1, 0.15) is 24.8 Å². The molecule has 0 aliphatic carbocycles. The molecule has 1 atom stereocenters. The van der Waals surface area contributed by atoms with Crippen molar-refractivity contribution in [2.75, 3.05) is 19.6 Å². The molecule has 0 spiro atoms. The van der Waals surface area contributed by atoms with Crippen molar-refractivity contribution in [1.82, 2.24) is 9.62 Å². The van der Waals surface area contributed by atoms with Gasteiger partial charge in [0, 0.05) is 24.7 Å². The van der Waals surface area contributed by atoms with Gasteiger partial charge < -0.3 is 5.32 Å². The van der Waals surface area contributed by atoms with Crippen molar-refractivity contribution in [3.05, 3.63) is 65.2 Å². The number of carbonyl (C=O) groups is 1. The zero-order valence-electron chi connectivity index (χ0n) is 15.7. The number of sulfonamides is 1. The summed E-state index contributed by atoms with van der Waals surface area (Å²) in [4.78, 5) is 12.8. The molecule has 0 aromatic heterocycles. The number of rotatable bonds is 7. The van der Waals surface area contributed by atoms with Crippen LogP contribution >= 0.6 is 11.6 Å². The normalized spacial score (nSPS) is 18.0. The molecule has 2 aromatic rings. The number of amides is 1. The number of nitrogens with one attached hydrogen (secondary N) is 1. The Bertz CT molecular complexity index is 886. The first kappa shape index (κ1) is 20.8. The van der Waals surface area contributed by atoms with Crippen molar-refractivity contribution in [1.29, 1.82) is 0 Å². The highest BCUT2D eigenvalue weighted by molar-refractivity contribution is 7.89. The average Bonchev–Trinajstić information content (AvgIpc) is 2.73. The second-order valence-electron chi connectivity index (χ2n) is 7.04. The van der Waals surface area contributed by atoms with E-state index in [1.807, 2.05) is 24.3 Å². The number of halogens is 1. The zero-order valence-corrected chi connectivity index (χ0v) is 17.3. The second-order valence-corrected chi connectivity index (χ2v) is 9.41. The molecule has 1 fully saturated rings. The van der Waals surface area contributed by atoms with E-state index in [1.165, 1.54) is 9.87 Å². The fraction of sp³-hybridized carbons (Fsp3) is 0.381. The summed E-state index contributed by atoms with van der Waals surface area (Å²) >= 11 is 5.88. The minimum Gasteiger partial charge on any atom is -0.356 e.